The second kappa shape index (κ2) is 28.0. The summed E-state index contributed by atoms with van der Waals surface area (Å²) in [4.78, 5) is 17.2. The van der Waals surface area contributed by atoms with Crippen molar-refractivity contribution in [2.24, 2.45) is 0 Å². The molecule has 34 heavy (non-hydrogen) atoms. The van der Waals surface area contributed by atoms with E-state index in [-0.39, 0.29) is 6.61 Å². The molecule has 2 N–H and O–H groups in total. The van der Waals surface area contributed by atoms with Crippen LogP contribution in [0.3, 0.4) is 0 Å². The van der Waals surface area contributed by atoms with Gasteiger partial charge >= 0.3 is 7.82 Å². The van der Waals surface area contributed by atoms with Gasteiger partial charge in [0.15, 0.2) is 0 Å². The third-order valence-electron chi connectivity index (χ3n) is 6.79. The molecule has 0 bridgehead atoms. The maximum atomic E-state index is 10.5. The number of alkyl halides is 1. The molecule has 0 saturated heterocycles. The SMILES string of the molecule is O=P(O)(O)OCCCCCCCCCCCCCCCCCCCCCCCCCCCCCl. The molecular weight excluding hydrogens is 467 g/mol. The zero-order chi connectivity index (χ0) is 25.0. The van der Waals surface area contributed by atoms with Gasteiger partial charge in [0.1, 0.15) is 0 Å². The van der Waals surface area contributed by atoms with Crippen LogP contribution in [0.15, 0.2) is 0 Å². The normalized spacial score (nSPS) is 12.0. The van der Waals surface area contributed by atoms with Gasteiger partial charge in [0.25, 0.3) is 0 Å². The Morgan fingerprint density at radius 1 is 0.412 bits per heavy atom. The Balaban J connectivity index is 3.03. The van der Waals surface area contributed by atoms with E-state index in [1.54, 1.807) is 0 Å². The molecule has 0 fully saturated rings. The average Bonchev–Trinajstić information content (AvgIpc) is 2.80. The van der Waals surface area contributed by atoms with Crippen molar-refractivity contribution in [1.29, 1.82) is 0 Å². The van der Waals surface area contributed by atoms with Crippen molar-refractivity contribution in [2.45, 2.75) is 167 Å². The highest BCUT2D eigenvalue weighted by atomic mass is 35.5. The first-order chi connectivity index (χ1) is 16.6. The van der Waals surface area contributed by atoms with E-state index in [9.17, 15) is 4.57 Å². The molecule has 0 aliphatic rings. The lowest BCUT2D eigenvalue weighted by Crippen LogP contribution is -1.92. The van der Waals surface area contributed by atoms with Gasteiger partial charge < -0.3 is 9.79 Å². The Morgan fingerprint density at radius 3 is 0.824 bits per heavy atom. The molecule has 0 aromatic rings. The molecule has 0 atom stereocenters. The number of phosphoric acid groups is 1. The molecule has 0 spiro atoms. The summed E-state index contributed by atoms with van der Waals surface area (Å²) in [7, 11) is -4.27. The van der Waals surface area contributed by atoms with Crippen LogP contribution in [0, 0.1) is 0 Å². The number of hydrogen-bond donors (Lipinski definition) is 2. The van der Waals surface area contributed by atoms with Crippen LogP contribution in [0.2, 0.25) is 0 Å². The summed E-state index contributed by atoms with van der Waals surface area (Å²) in [5.74, 6) is 0.831. The van der Waals surface area contributed by atoms with Crippen molar-refractivity contribution in [3.63, 3.8) is 0 Å². The van der Waals surface area contributed by atoms with E-state index in [1.807, 2.05) is 0 Å². The molecule has 4 nitrogen and oxygen atoms in total. The standard InChI is InChI=1S/C28H58ClO4P/c29-27-25-23-21-19-17-15-13-11-9-7-5-3-1-2-4-6-8-10-12-14-16-18-20-22-24-26-28-33-34(30,31)32/h1-28H2,(H2,30,31,32). The van der Waals surface area contributed by atoms with Gasteiger partial charge in [-0.25, -0.2) is 4.57 Å². The van der Waals surface area contributed by atoms with E-state index in [2.05, 4.69) is 4.52 Å². The lowest BCUT2D eigenvalue weighted by Gasteiger charge is -2.05. The van der Waals surface area contributed by atoms with Gasteiger partial charge in [-0.3, -0.25) is 4.52 Å². The van der Waals surface area contributed by atoms with E-state index in [0.717, 1.165) is 25.1 Å². The second-order valence-electron chi connectivity index (χ2n) is 10.2. The van der Waals surface area contributed by atoms with Gasteiger partial charge in [-0.2, -0.15) is 0 Å². The van der Waals surface area contributed by atoms with Crippen molar-refractivity contribution in [1.82, 2.24) is 0 Å². The lowest BCUT2D eigenvalue weighted by molar-refractivity contribution is 0.193. The van der Waals surface area contributed by atoms with Crippen molar-refractivity contribution >= 4 is 19.4 Å². The molecule has 206 valence electrons. The fourth-order valence-corrected chi connectivity index (χ4v) is 5.18. The molecular formula is C28H58ClO4P. The van der Waals surface area contributed by atoms with Crippen LogP contribution in [0.4, 0.5) is 0 Å². The molecule has 0 aromatic carbocycles. The first-order valence-electron chi connectivity index (χ1n) is 14.8. The largest absolute Gasteiger partial charge is 0.469 e. The van der Waals surface area contributed by atoms with Gasteiger partial charge in [-0.05, 0) is 12.8 Å². The van der Waals surface area contributed by atoms with Crippen LogP contribution >= 0.6 is 19.4 Å². The zero-order valence-corrected chi connectivity index (χ0v) is 24.0. The quantitative estimate of drug-likeness (QED) is 0.0579. The smallest absolute Gasteiger partial charge is 0.303 e. The molecule has 6 heteroatoms. The Hall–Kier alpha value is 0.400. The summed E-state index contributed by atoms with van der Waals surface area (Å²) in [6.45, 7) is 0.168. The minimum Gasteiger partial charge on any atom is -0.303 e. The Labute approximate surface area is 217 Å². The van der Waals surface area contributed by atoms with Crippen LogP contribution < -0.4 is 0 Å². The van der Waals surface area contributed by atoms with Crippen molar-refractivity contribution in [3.05, 3.63) is 0 Å². The van der Waals surface area contributed by atoms with E-state index in [4.69, 9.17) is 21.4 Å². The Morgan fingerprint density at radius 2 is 0.618 bits per heavy atom. The fourth-order valence-electron chi connectivity index (χ4n) is 4.62. The van der Waals surface area contributed by atoms with E-state index in [0.29, 0.717) is 0 Å². The minimum atomic E-state index is -4.27. The van der Waals surface area contributed by atoms with Crippen LogP contribution in [0.25, 0.3) is 0 Å². The highest BCUT2D eigenvalue weighted by molar-refractivity contribution is 7.46. The molecule has 0 unspecified atom stereocenters. The predicted octanol–water partition coefficient (Wildman–Crippen LogP) is 10.5. The van der Waals surface area contributed by atoms with Gasteiger partial charge in [0.2, 0.25) is 0 Å². The van der Waals surface area contributed by atoms with Gasteiger partial charge in [-0.1, -0.05) is 154 Å². The van der Waals surface area contributed by atoms with Crippen LogP contribution in [0.1, 0.15) is 167 Å². The van der Waals surface area contributed by atoms with E-state index in [1.165, 1.54) is 148 Å². The number of hydrogen-bond acceptors (Lipinski definition) is 2. The lowest BCUT2D eigenvalue weighted by atomic mass is 10.0. The Bertz CT molecular complexity index is 431. The van der Waals surface area contributed by atoms with Crippen molar-refractivity contribution in [2.75, 3.05) is 12.5 Å². The molecule has 0 aliphatic heterocycles. The first-order valence-corrected chi connectivity index (χ1v) is 16.9. The molecule has 0 rings (SSSR count). The Kier molecular flexibility index (Phi) is 28.3. The molecule has 0 aromatic heterocycles. The van der Waals surface area contributed by atoms with Gasteiger partial charge in [0.05, 0.1) is 6.61 Å². The monoisotopic (exact) mass is 524 g/mol. The molecule has 0 aliphatic carbocycles. The second-order valence-corrected chi connectivity index (χ2v) is 11.8. The molecule has 0 heterocycles. The van der Waals surface area contributed by atoms with E-state index < -0.39 is 7.82 Å². The maximum absolute atomic E-state index is 10.5. The molecule has 0 amide bonds. The van der Waals surface area contributed by atoms with Gasteiger partial charge in [-0.15, -0.1) is 11.6 Å². The number of phosphoric ester groups is 1. The van der Waals surface area contributed by atoms with Crippen molar-refractivity contribution in [3.8, 4) is 0 Å². The zero-order valence-electron chi connectivity index (χ0n) is 22.3. The summed E-state index contributed by atoms with van der Waals surface area (Å²) >= 11 is 5.70. The molecule has 0 radical (unpaired) electrons. The third kappa shape index (κ3) is 32.4. The maximum Gasteiger partial charge on any atom is 0.469 e. The topological polar surface area (TPSA) is 66.8 Å². The van der Waals surface area contributed by atoms with Crippen LogP contribution in [0.5, 0.6) is 0 Å². The van der Waals surface area contributed by atoms with E-state index >= 15 is 0 Å². The van der Waals surface area contributed by atoms with Crippen LogP contribution in [-0.2, 0) is 9.09 Å². The summed E-state index contributed by atoms with van der Waals surface area (Å²) in [5, 5.41) is 0. The number of rotatable bonds is 29. The highest BCUT2D eigenvalue weighted by Gasteiger charge is 2.12. The average molecular weight is 525 g/mol. The summed E-state index contributed by atoms with van der Waals surface area (Å²) in [6, 6.07) is 0. The highest BCUT2D eigenvalue weighted by Crippen LogP contribution is 2.35. The van der Waals surface area contributed by atoms with Crippen LogP contribution in [-0.4, -0.2) is 22.3 Å². The van der Waals surface area contributed by atoms with Crippen molar-refractivity contribution < 1.29 is 18.9 Å². The summed E-state index contributed by atoms with van der Waals surface area (Å²) in [5.41, 5.74) is 0. The predicted molar refractivity (Wildman–Crippen MR) is 149 cm³/mol. The van der Waals surface area contributed by atoms with Gasteiger partial charge in [0, 0.05) is 5.88 Å². The number of unbranched alkanes of at least 4 members (excludes halogenated alkanes) is 25. The first kappa shape index (κ1) is 34.4. The fraction of sp³-hybridized carbons (Fsp3) is 1.00. The third-order valence-corrected chi connectivity index (χ3v) is 7.57. The minimum absolute atomic E-state index is 0.168. The number of halogens is 1. The summed E-state index contributed by atoms with van der Waals surface area (Å²) < 4.78 is 15.0. The molecule has 0 saturated carbocycles. The summed E-state index contributed by atoms with van der Waals surface area (Å²) in [6.07, 6.45) is 34.8.